The first-order valence-corrected chi connectivity index (χ1v) is 7.45. The van der Waals surface area contributed by atoms with Crippen molar-refractivity contribution in [3.05, 3.63) is 23.8 Å². The molecule has 2 aliphatic heterocycles. The highest BCUT2D eigenvalue weighted by Gasteiger charge is 2.34. The molecule has 0 saturated carbocycles. The third kappa shape index (κ3) is 2.51. The van der Waals surface area contributed by atoms with Gasteiger partial charge in [-0.25, -0.2) is 0 Å². The number of carbonyl (C=O) groups excluding carboxylic acids is 1. The molecule has 1 N–H and O–H groups in total. The number of fused-ring (bicyclic) bond motifs is 1. The SMILES string of the molecule is COCC1CCCN(c2ccc3c(c2)N(C)C(=O)C3O)C1. The Morgan fingerprint density at radius 1 is 1.43 bits per heavy atom. The first-order chi connectivity index (χ1) is 10.1. The maximum absolute atomic E-state index is 11.8. The smallest absolute Gasteiger partial charge is 0.260 e. The minimum Gasteiger partial charge on any atom is -0.384 e. The van der Waals surface area contributed by atoms with E-state index in [1.807, 2.05) is 18.2 Å². The molecule has 5 nitrogen and oxygen atoms in total. The standard InChI is InChI=1S/C16H22N2O3/c1-17-14-8-12(5-6-13(14)15(19)16(17)20)18-7-3-4-11(9-18)10-21-2/h5-6,8,11,15,19H,3-4,7,9-10H2,1-2H3. The summed E-state index contributed by atoms with van der Waals surface area (Å²) in [5.74, 6) is 0.306. The molecule has 3 rings (SSSR count). The van der Waals surface area contributed by atoms with Crippen molar-refractivity contribution in [1.29, 1.82) is 0 Å². The van der Waals surface area contributed by atoms with Crippen molar-refractivity contribution in [3.8, 4) is 0 Å². The van der Waals surface area contributed by atoms with Crippen molar-refractivity contribution < 1.29 is 14.6 Å². The second kappa shape index (κ2) is 5.66. The molecule has 2 unspecified atom stereocenters. The fourth-order valence-corrected chi connectivity index (χ4v) is 3.36. The molecule has 1 aromatic rings. The molecule has 1 fully saturated rings. The molecule has 114 valence electrons. The van der Waals surface area contributed by atoms with E-state index in [4.69, 9.17) is 4.74 Å². The predicted molar refractivity (Wildman–Crippen MR) is 81.6 cm³/mol. The molecule has 5 heteroatoms. The number of benzene rings is 1. The normalized spacial score (nSPS) is 25.4. The maximum Gasteiger partial charge on any atom is 0.260 e. The van der Waals surface area contributed by atoms with E-state index >= 15 is 0 Å². The number of anilines is 2. The number of ether oxygens (including phenoxy) is 1. The molecule has 0 bridgehead atoms. The van der Waals surface area contributed by atoms with Gasteiger partial charge < -0.3 is 19.6 Å². The average Bonchev–Trinajstić information content (AvgIpc) is 2.72. The number of methoxy groups -OCH3 is 1. The van der Waals surface area contributed by atoms with Crippen LogP contribution in [0.2, 0.25) is 0 Å². The predicted octanol–water partition coefficient (Wildman–Crippen LogP) is 1.56. The molecule has 0 radical (unpaired) electrons. The van der Waals surface area contributed by atoms with Gasteiger partial charge in [-0.15, -0.1) is 0 Å². The topological polar surface area (TPSA) is 53.0 Å². The van der Waals surface area contributed by atoms with Crippen molar-refractivity contribution in [2.45, 2.75) is 18.9 Å². The molecular formula is C16H22N2O3. The lowest BCUT2D eigenvalue weighted by Gasteiger charge is -2.34. The van der Waals surface area contributed by atoms with E-state index in [-0.39, 0.29) is 5.91 Å². The zero-order valence-electron chi connectivity index (χ0n) is 12.6. The average molecular weight is 290 g/mol. The molecule has 1 aromatic carbocycles. The van der Waals surface area contributed by atoms with Crippen LogP contribution in [-0.4, -0.2) is 44.9 Å². The maximum atomic E-state index is 11.8. The monoisotopic (exact) mass is 290 g/mol. The number of aliphatic hydroxyl groups excluding tert-OH is 1. The molecular weight excluding hydrogens is 268 g/mol. The van der Waals surface area contributed by atoms with Gasteiger partial charge in [0.2, 0.25) is 0 Å². The minimum atomic E-state index is -1.01. The largest absolute Gasteiger partial charge is 0.384 e. The Hall–Kier alpha value is -1.59. The van der Waals surface area contributed by atoms with Gasteiger partial charge in [-0.05, 0) is 30.9 Å². The molecule has 21 heavy (non-hydrogen) atoms. The van der Waals surface area contributed by atoms with E-state index in [9.17, 15) is 9.90 Å². The fraction of sp³-hybridized carbons (Fsp3) is 0.562. The zero-order valence-corrected chi connectivity index (χ0v) is 12.6. The van der Waals surface area contributed by atoms with Crippen LogP contribution in [0, 0.1) is 5.92 Å². The molecule has 2 atom stereocenters. The first-order valence-electron chi connectivity index (χ1n) is 7.45. The van der Waals surface area contributed by atoms with Crippen LogP contribution in [0.5, 0.6) is 0 Å². The summed E-state index contributed by atoms with van der Waals surface area (Å²) in [6.07, 6.45) is 1.34. The summed E-state index contributed by atoms with van der Waals surface area (Å²) < 4.78 is 5.27. The number of hydrogen-bond acceptors (Lipinski definition) is 4. The molecule has 2 aliphatic rings. The lowest BCUT2D eigenvalue weighted by molar-refractivity contribution is -0.125. The van der Waals surface area contributed by atoms with Crippen LogP contribution < -0.4 is 9.80 Å². The number of amides is 1. The summed E-state index contributed by atoms with van der Waals surface area (Å²) in [5.41, 5.74) is 2.64. The van der Waals surface area contributed by atoms with Gasteiger partial charge in [0.15, 0.2) is 6.10 Å². The van der Waals surface area contributed by atoms with Crippen molar-refractivity contribution in [2.24, 2.45) is 5.92 Å². The Morgan fingerprint density at radius 3 is 3.00 bits per heavy atom. The van der Waals surface area contributed by atoms with Crippen LogP contribution in [0.1, 0.15) is 24.5 Å². The highest BCUT2D eigenvalue weighted by molar-refractivity contribution is 6.03. The highest BCUT2D eigenvalue weighted by atomic mass is 16.5. The van der Waals surface area contributed by atoms with Gasteiger partial charge in [0, 0.05) is 38.5 Å². The minimum absolute atomic E-state index is 0.252. The van der Waals surface area contributed by atoms with Crippen molar-refractivity contribution in [3.63, 3.8) is 0 Å². The summed E-state index contributed by atoms with van der Waals surface area (Å²) in [6, 6.07) is 5.89. The summed E-state index contributed by atoms with van der Waals surface area (Å²) in [6.45, 7) is 2.80. The number of hydrogen-bond donors (Lipinski definition) is 1. The molecule has 0 aliphatic carbocycles. The van der Waals surface area contributed by atoms with E-state index in [2.05, 4.69) is 4.90 Å². The summed E-state index contributed by atoms with van der Waals surface area (Å²) in [7, 11) is 3.46. The van der Waals surface area contributed by atoms with E-state index in [1.165, 1.54) is 6.42 Å². The van der Waals surface area contributed by atoms with Crippen molar-refractivity contribution in [1.82, 2.24) is 0 Å². The Morgan fingerprint density at radius 2 is 2.24 bits per heavy atom. The number of likely N-dealkylation sites (N-methyl/N-ethyl adjacent to an activating group) is 1. The van der Waals surface area contributed by atoms with Crippen LogP contribution in [0.3, 0.4) is 0 Å². The van der Waals surface area contributed by atoms with E-state index in [0.29, 0.717) is 11.5 Å². The Balaban J connectivity index is 1.83. The summed E-state index contributed by atoms with van der Waals surface area (Å²) in [4.78, 5) is 15.7. The summed E-state index contributed by atoms with van der Waals surface area (Å²) in [5, 5.41) is 9.91. The number of nitrogens with zero attached hydrogens (tertiary/aromatic N) is 2. The Bertz CT molecular complexity index is 544. The van der Waals surface area contributed by atoms with Gasteiger partial charge in [0.1, 0.15) is 0 Å². The number of rotatable bonds is 3. The van der Waals surface area contributed by atoms with Gasteiger partial charge in [0.05, 0.1) is 12.3 Å². The number of piperidine rings is 1. The fourth-order valence-electron chi connectivity index (χ4n) is 3.36. The first kappa shape index (κ1) is 14.4. The van der Waals surface area contributed by atoms with Crippen molar-refractivity contribution >= 4 is 17.3 Å². The summed E-state index contributed by atoms with van der Waals surface area (Å²) >= 11 is 0. The van der Waals surface area contributed by atoms with E-state index < -0.39 is 6.10 Å². The van der Waals surface area contributed by atoms with Crippen LogP contribution in [0.4, 0.5) is 11.4 Å². The lowest BCUT2D eigenvalue weighted by Crippen LogP contribution is -2.37. The van der Waals surface area contributed by atoms with Gasteiger partial charge in [-0.1, -0.05) is 6.07 Å². The van der Waals surface area contributed by atoms with Crippen LogP contribution >= 0.6 is 0 Å². The van der Waals surface area contributed by atoms with E-state index in [0.717, 1.165) is 37.5 Å². The molecule has 0 aromatic heterocycles. The second-order valence-corrected chi connectivity index (χ2v) is 5.95. The number of aliphatic hydroxyl groups is 1. The molecule has 2 heterocycles. The molecule has 1 amide bonds. The zero-order chi connectivity index (χ0) is 15.0. The third-order valence-corrected chi connectivity index (χ3v) is 4.52. The van der Waals surface area contributed by atoms with Gasteiger partial charge in [0.25, 0.3) is 5.91 Å². The lowest BCUT2D eigenvalue weighted by atomic mass is 9.98. The molecule has 0 spiro atoms. The van der Waals surface area contributed by atoms with E-state index in [1.54, 1.807) is 19.1 Å². The second-order valence-electron chi connectivity index (χ2n) is 5.95. The van der Waals surface area contributed by atoms with Crippen LogP contribution in [0.15, 0.2) is 18.2 Å². The van der Waals surface area contributed by atoms with Gasteiger partial charge in [-0.3, -0.25) is 4.79 Å². The van der Waals surface area contributed by atoms with Gasteiger partial charge in [-0.2, -0.15) is 0 Å². The number of carbonyl (C=O) groups is 1. The van der Waals surface area contributed by atoms with Crippen LogP contribution in [0.25, 0.3) is 0 Å². The quantitative estimate of drug-likeness (QED) is 0.918. The van der Waals surface area contributed by atoms with Crippen molar-refractivity contribution in [2.75, 3.05) is 43.7 Å². The highest BCUT2D eigenvalue weighted by Crippen LogP contribution is 2.38. The Kier molecular flexibility index (Phi) is 3.87. The Labute approximate surface area is 125 Å². The van der Waals surface area contributed by atoms with Gasteiger partial charge >= 0.3 is 0 Å². The third-order valence-electron chi connectivity index (χ3n) is 4.52. The van der Waals surface area contributed by atoms with Crippen LogP contribution in [-0.2, 0) is 9.53 Å². The molecule has 1 saturated heterocycles.